The fourth-order valence-electron chi connectivity index (χ4n) is 3.28. The number of methoxy groups -OCH3 is 1. The summed E-state index contributed by atoms with van der Waals surface area (Å²) in [7, 11) is 1.81. The number of nitrogens with one attached hydrogen (secondary N) is 1. The molecule has 0 radical (unpaired) electrons. The van der Waals surface area contributed by atoms with Gasteiger partial charge in [0.25, 0.3) is 0 Å². The van der Waals surface area contributed by atoms with E-state index in [1.54, 1.807) is 0 Å². The van der Waals surface area contributed by atoms with E-state index >= 15 is 0 Å². The molecule has 0 aromatic heterocycles. The Morgan fingerprint density at radius 1 is 1.31 bits per heavy atom. The first-order valence-electron chi connectivity index (χ1n) is 6.73. The fourth-order valence-corrected chi connectivity index (χ4v) is 3.28. The second-order valence-corrected chi connectivity index (χ2v) is 6.11. The van der Waals surface area contributed by atoms with Crippen LogP contribution < -0.4 is 5.32 Å². The van der Waals surface area contributed by atoms with Crippen molar-refractivity contribution in [1.82, 2.24) is 5.32 Å². The van der Waals surface area contributed by atoms with Crippen molar-refractivity contribution in [2.24, 2.45) is 17.3 Å². The van der Waals surface area contributed by atoms with Crippen LogP contribution in [-0.2, 0) is 4.74 Å². The van der Waals surface area contributed by atoms with Crippen molar-refractivity contribution in [2.75, 3.05) is 20.3 Å². The molecule has 0 spiro atoms. The summed E-state index contributed by atoms with van der Waals surface area (Å²) < 4.78 is 5.39. The van der Waals surface area contributed by atoms with Crippen LogP contribution in [0.3, 0.4) is 0 Å². The van der Waals surface area contributed by atoms with E-state index in [1.807, 2.05) is 7.11 Å². The van der Waals surface area contributed by atoms with Crippen molar-refractivity contribution >= 4 is 0 Å². The molecule has 0 saturated heterocycles. The fraction of sp³-hybridized carbons (Fsp3) is 1.00. The summed E-state index contributed by atoms with van der Waals surface area (Å²) in [5, 5.41) is 3.67. The van der Waals surface area contributed by atoms with E-state index in [9.17, 15) is 0 Å². The molecule has 0 amide bonds. The van der Waals surface area contributed by atoms with Crippen LogP contribution in [0.1, 0.15) is 47.0 Å². The molecule has 0 heterocycles. The largest absolute Gasteiger partial charge is 0.384 e. The molecule has 2 nitrogen and oxygen atoms in total. The predicted molar refractivity (Wildman–Crippen MR) is 69.6 cm³/mol. The van der Waals surface area contributed by atoms with Gasteiger partial charge < -0.3 is 10.1 Å². The van der Waals surface area contributed by atoms with Crippen molar-refractivity contribution in [3.8, 4) is 0 Å². The van der Waals surface area contributed by atoms with Gasteiger partial charge in [0, 0.05) is 13.2 Å². The Hall–Kier alpha value is -0.0800. The Labute approximate surface area is 101 Å². The van der Waals surface area contributed by atoms with Gasteiger partial charge in [-0.3, -0.25) is 0 Å². The molecule has 3 unspecified atom stereocenters. The van der Waals surface area contributed by atoms with Crippen LogP contribution >= 0.6 is 0 Å². The topological polar surface area (TPSA) is 21.3 Å². The predicted octanol–water partition coefficient (Wildman–Crippen LogP) is 3.07. The second-order valence-electron chi connectivity index (χ2n) is 6.11. The highest BCUT2D eigenvalue weighted by molar-refractivity contribution is 4.91. The summed E-state index contributed by atoms with van der Waals surface area (Å²) in [6.45, 7) is 11.2. The molecule has 1 N–H and O–H groups in total. The summed E-state index contributed by atoms with van der Waals surface area (Å²) in [4.78, 5) is 0. The van der Waals surface area contributed by atoms with Gasteiger partial charge in [-0.25, -0.2) is 0 Å². The third-order valence-corrected chi connectivity index (χ3v) is 4.10. The van der Waals surface area contributed by atoms with Crippen LogP contribution in [0, 0.1) is 17.3 Å². The summed E-state index contributed by atoms with van der Waals surface area (Å²) in [6, 6.07) is 0.680. The molecule has 1 aliphatic carbocycles. The Bertz CT molecular complexity index is 203. The average molecular weight is 227 g/mol. The quantitative estimate of drug-likeness (QED) is 0.779. The molecular weight excluding hydrogens is 198 g/mol. The van der Waals surface area contributed by atoms with Gasteiger partial charge in [0.1, 0.15) is 0 Å². The first-order valence-corrected chi connectivity index (χ1v) is 6.73. The first-order chi connectivity index (χ1) is 7.51. The summed E-state index contributed by atoms with van der Waals surface area (Å²) in [5.41, 5.74) is 0.293. The summed E-state index contributed by atoms with van der Waals surface area (Å²) in [5.74, 6) is 1.63. The minimum atomic E-state index is 0.293. The van der Waals surface area contributed by atoms with Crippen LogP contribution in [-0.4, -0.2) is 26.3 Å². The molecule has 96 valence electrons. The number of hydrogen-bond acceptors (Lipinski definition) is 2. The molecule has 1 rings (SSSR count). The van der Waals surface area contributed by atoms with E-state index in [0.717, 1.165) is 25.0 Å². The first kappa shape index (κ1) is 14.0. The molecule has 0 bridgehead atoms. The highest BCUT2D eigenvalue weighted by Crippen LogP contribution is 2.40. The van der Waals surface area contributed by atoms with E-state index in [-0.39, 0.29) is 0 Å². The molecule has 1 saturated carbocycles. The molecule has 16 heavy (non-hydrogen) atoms. The maximum Gasteiger partial charge on any atom is 0.0516 e. The Morgan fingerprint density at radius 3 is 2.56 bits per heavy atom. The Balaban J connectivity index is 2.67. The van der Waals surface area contributed by atoms with Crippen LogP contribution in [0.15, 0.2) is 0 Å². The summed E-state index contributed by atoms with van der Waals surface area (Å²) >= 11 is 0. The molecule has 0 aromatic rings. The van der Waals surface area contributed by atoms with E-state index in [2.05, 4.69) is 33.0 Å². The van der Waals surface area contributed by atoms with Crippen molar-refractivity contribution < 1.29 is 4.74 Å². The minimum absolute atomic E-state index is 0.293. The maximum absolute atomic E-state index is 5.39. The Kier molecular flexibility index (Phi) is 5.26. The molecule has 0 aliphatic heterocycles. The van der Waals surface area contributed by atoms with Crippen molar-refractivity contribution in [1.29, 1.82) is 0 Å². The monoisotopic (exact) mass is 227 g/mol. The number of ether oxygens (including phenoxy) is 1. The lowest BCUT2D eigenvalue weighted by molar-refractivity contribution is 0.0193. The van der Waals surface area contributed by atoms with Gasteiger partial charge in [0.05, 0.1) is 6.61 Å². The Morgan fingerprint density at radius 2 is 2.00 bits per heavy atom. The van der Waals surface area contributed by atoms with Gasteiger partial charge in [-0.1, -0.05) is 34.1 Å². The molecule has 1 aliphatic rings. The maximum atomic E-state index is 5.39. The zero-order chi connectivity index (χ0) is 12.2. The van der Waals surface area contributed by atoms with Gasteiger partial charge in [-0.05, 0) is 36.6 Å². The zero-order valence-electron chi connectivity index (χ0n) is 11.7. The van der Waals surface area contributed by atoms with Crippen molar-refractivity contribution in [2.45, 2.75) is 53.0 Å². The molecule has 2 heteroatoms. The van der Waals surface area contributed by atoms with Crippen LogP contribution in [0.5, 0.6) is 0 Å². The van der Waals surface area contributed by atoms with Crippen molar-refractivity contribution in [3.05, 3.63) is 0 Å². The lowest BCUT2D eigenvalue weighted by atomic mass is 9.66. The van der Waals surface area contributed by atoms with E-state index in [4.69, 9.17) is 4.74 Å². The van der Waals surface area contributed by atoms with Crippen LogP contribution in [0.25, 0.3) is 0 Å². The third-order valence-electron chi connectivity index (χ3n) is 4.10. The standard InChI is InChI=1S/C14H29NO/c1-6-15-13-9-11(2)7-8-12(13)14(3,4)10-16-5/h11-13,15H,6-10H2,1-5H3. The SMILES string of the molecule is CCNC1CC(C)CCC1C(C)(C)COC. The van der Waals surface area contributed by atoms with Gasteiger partial charge in [0.2, 0.25) is 0 Å². The lowest BCUT2D eigenvalue weighted by Gasteiger charge is -2.44. The smallest absolute Gasteiger partial charge is 0.0516 e. The molecule has 0 aromatic carbocycles. The summed E-state index contributed by atoms with van der Waals surface area (Å²) in [6.07, 6.45) is 4.04. The van der Waals surface area contributed by atoms with Crippen LogP contribution in [0.2, 0.25) is 0 Å². The number of hydrogen-bond donors (Lipinski definition) is 1. The van der Waals surface area contributed by atoms with Crippen LogP contribution in [0.4, 0.5) is 0 Å². The van der Waals surface area contributed by atoms with E-state index < -0.39 is 0 Å². The van der Waals surface area contributed by atoms with Crippen molar-refractivity contribution in [3.63, 3.8) is 0 Å². The average Bonchev–Trinajstić information content (AvgIpc) is 2.17. The van der Waals surface area contributed by atoms with E-state index in [0.29, 0.717) is 11.5 Å². The second kappa shape index (κ2) is 6.02. The molecule has 1 fully saturated rings. The highest BCUT2D eigenvalue weighted by Gasteiger charge is 2.38. The minimum Gasteiger partial charge on any atom is -0.384 e. The van der Waals surface area contributed by atoms with Gasteiger partial charge in [-0.15, -0.1) is 0 Å². The zero-order valence-corrected chi connectivity index (χ0v) is 11.7. The van der Waals surface area contributed by atoms with Gasteiger partial charge in [0.15, 0.2) is 0 Å². The number of rotatable bonds is 5. The molecule has 3 atom stereocenters. The normalized spacial score (nSPS) is 31.7. The molecular formula is C14H29NO. The highest BCUT2D eigenvalue weighted by atomic mass is 16.5. The van der Waals surface area contributed by atoms with E-state index in [1.165, 1.54) is 19.3 Å². The third kappa shape index (κ3) is 3.46. The van der Waals surface area contributed by atoms with Gasteiger partial charge >= 0.3 is 0 Å². The lowest BCUT2D eigenvalue weighted by Crippen LogP contribution is -2.48. The van der Waals surface area contributed by atoms with Gasteiger partial charge in [-0.2, -0.15) is 0 Å².